The number of sulfonamides is 1. The minimum absolute atomic E-state index is 0.0105. The summed E-state index contributed by atoms with van der Waals surface area (Å²) in [4.78, 5) is -0.157. The third kappa shape index (κ3) is 3.30. The molecule has 0 aromatic heterocycles. The average molecular weight is 355 g/mol. The molecule has 0 unspecified atom stereocenters. The standard InChI is InChI=1S/C10H15ClN4O4S2/c11-8-2-1-3-9(12)10(8)20(16,17)14-4-6-15(7-5-14)21(13,18)19/h1-3H,4-7,12H2,(H2,13,18,19). The van der Waals surface area contributed by atoms with Gasteiger partial charge in [0.1, 0.15) is 4.90 Å². The molecule has 0 bridgehead atoms. The van der Waals surface area contributed by atoms with Crippen LogP contribution in [0.15, 0.2) is 23.1 Å². The van der Waals surface area contributed by atoms with Gasteiger partial charge in [-0.1, -0.05) is 17.7 Å². The van der Waals surface area contributed by atoms with Gasteiger partial charge in [0.25, 0.3) is 10.2 Å². The van der Waals surface area contributed by atoms with Crippen LogP contribution >= 0.6 is 11.6 Å². The van der Waals surface area contributed by atoms with Gasteiger partial charge in [-0.2, -0.15) is 17.0 Å². The molecule has 1 aliphatic rings. The first kappa shape index (κ1) is 16.5. The lowest BCUT2D eigenvalue weighted by Crippen LogP contribution is -2.52. The van der Waals surface area contributed by atoms with E-state index in [4.69, 9.17) is 22.5 Å². The summed E-state index contributed by atoms with van der Waals surface area (Å²) in [6.45, 7) is -0.0440. The van der Waals surface area contributed by atoms with Crippen molar-refractivity contribution in [2.45, 2.75) is 4.90 Å². The first-order chi connectivity index (χ1) is 9.64. The number of nitrogens with two attached hydrogens (primary N) is 2. The monoisotopic (exact) mass is 354 g/mol. The number of nitrogen functional groups attached to an aromatic ring is 1. The molecule has 21 heavy (non-hydrogen) atoms. The van der Waals surface area contributed by atoms with Crippen LogP contribution in [0.25, 0.3) is 0 Å². The molecule has 0 radical (unpaired) electrons. The fourth-order valence-electron chi connectivity index (χ4n) is 2.09. The third-order valence-electron chi connectivity index (χ3n) is 3.15. The molecule has 4 N–H and O–H groups in total. The molecule has 1 saturated heterocycles. The van der Waals surface area contributed by atoms with Crippen LogP contribution in [0.5, 0.6) is 0 Å². The van der Waals surface area contributed by atoms with Gasteiger partial charge in [0, 0.05) is 26.2 Å². The van der Waals surface area contributed by atoms with Crippen molar-refractivity contribution in [2.24, 2.45) is 5.14 Å². The Balaban J connectivity index is 2.27. The second-order valence-electron chi connectivity index (χ2n) is 4.51. The van der Waals surface area contributed by atoms with Crippen LogP contribution < -0.4 is 10.9 Å². The van der Waals surface area contributed by atoms with Gasteiger partial charge in [0.15, 0.2) is 0 Å². The number of nitrogens with zero attached hydrogens (tertiary/aromatic N) is 2. The topological polar surface area (TPSA) is 127 Å². The molecule has 2 rings (SSSR count). The smallest absolute Gasteiger partial charge is 0.276 e. The lowest BCUT2D eigenvalue weighted by atomic mass is 10.3. The first-order valence-electron chi connectivity index (χ1n) is 5.96. The fourth-order valence-corrected chi connectivity index (χ4v) is 4.82. The zero-order valence-corrected chi connectivity index (χ0v) is 13.3. The van der Waals surface area contributed by atoms with E-state index >= 15 is 0 Å². The van der Waals surface area contributed by atoms with E-state index in [1.54, 1.807) is 6.07 Å². The quantitative estimate of drug-likeness (QED) is 0.703. The van der Waals surface area contributed by atoms with E-state index in [-0.39, 0.29) is 41.8 Å². The van der Waals surface area contributed by atoms with Crippen molar-refractivity contribution in [1.29, 1.82) is 0 Å². The van der Waals surface area contributed by atoms with Gasteiger partial charge in [0.2, 0.25) is 10.0 Å². The SMILES string of the molecule is Nc1cccc(Cl)c1S(=O)(=O)N1CCN(S(N)(=O)=O)CC1. The van der Waals surface area contributed by atoms with Crippen LogP contribution in [-0.4, -0.2) is 51.6 Å². The van der Waals surface area contributed by atoms with E-state index in [9.17, 15) is 16.8 Å². The first-order valence-corrected chi connectivity index (χ1v) is 9.28. The van der Waals surface area contributed by atoms with Crippen molar-refractivity contribution in [3.8, 4) is 0 Å². The van der Waals surface area contributed by atoms with E-state index in [1.807, 2.05) is 0 Å². The number of halogens is 1. The highest BCUT2D eigenvalue weighted by Crippen LogP contribution is 2.30. The van der Waals surface area contributed by atoms with Crippen molar-refractivity contribution in [1.82, 2.24) is 8.61 Å². The molecule has 0 atom stereocenters. The van der Waals surface area contributed by atoms with Gasteiger partial charge in [-0.25, -0.2) is 13.6 Å². The number of hydrogen-bond acceptors (Lipinski definition) is 5. The molecule has 118 valence electrons. The molecule has 1 aliphatic heterocycles. The van der Waals surface area contributed by atoms with Crippen LogP contribution in [-0.2, 0) is 20.2 Å². The van der Waals surface area contributed by atoms with Crippen LogP contribution in [0.2, 0.25) is 5.02 Å². The summed E-state index contributed by atoms with van der Waals surface area (Å²) in [5.41, 5.74) is 5.75. The molecule has 0 amide bonds. The summed E-state index contributed by atoms with van der Waals surface area (Å²) in [6, 6.07) is 4.43. The highest BCUT2D eigenvalue weighted by atomic mass is 35.5. The normalized spacial score (nSPS) is 18.8. The second-order valence-corrected chi connectivity index (χ2v) is 8.33. The third-order valence-corrected chi connectivity index (χ3v) is 6.68. The Morgan fingerprint density at radius 2 is 1.52 bits per heavy atom. The Morgan fingerprint density at radius 3 is 2.00 bits per heavy atom. The van der Waals surface area contributed by atoms with Crippen molar-refractivity contribution >= 4 is 37.5 Å². The van der Waals surface area contributed by atoms with Gasteiger partial charge < -0.3 is 5.73 Å². The molecule has 11 heteroatoms. The molecule has 1 aromatic rings. The van der Waals surface area contributed by atoms with E-state index < -0.39 is 20.2 Å². The van der Waals surface area contributed by atoms with Crippen molar-refractivity contribution < 1.29 is 16.8 Å². The Hall–Kier alpha value is -0.910. The lowest BCUT2D eigenvalue weighted by molar-refractivity contribution is 0.273. The molecule has 8 nitrogen and oxygen atoms in total. The second kappa shape index (κ2) is 5.71. The summed E-state index contributed by atoms with van der Waals surface area (Å²) in [5.74, 6) is 0. The minimum Gasteiger partial charge on any atom is -0.398 e. The number of anilines is 1. The van der Waals surface area contributed by atoms with Gasteiger partial charge in [-0.05, 0) is 12.1 Å². The molecule has 0 aliphatic carbocycles. The Kier molecular flexibility index (Phi) is 4.47. The molecular weight excluding hydrogens is 340 g/mol. The predicted molar refractivity (Wildman–Crippen MR) is 79.3 cm³/mol. The number of piperazine rings is 1. The Bertz CT molecular complexity index is 722. The fraction of sp³-hybridized carbons (Fsp3) is 0.400. The summed E-state index contributed by atoms with van der Waals surface area (Å²) in [7, 11) is -7.69. The predicted octanol–water partition coefficient (Wildman–Crippen LogP) is -0.568. The van der Waals surface area contributed by atoms with Crippen molar-refractivity contribution in [3.05, 3.63) is 23.2 Å². The lowest BCUT2D eigenvalue weighted by Gasteiger charge is -2.32. The number of rotatable bonds is 3. The maximum absolute atomic E-state index is 12.5. The summed E-state index contributed by atoms with van der Waals surface area (Å²) in [6.07, 6.45) is 0. The van der Waals surface area contributed by atoms with Crippen molar-refractivity contribution in [2.75, 3.05) is 31.9 Å². The van der Waals surface area contributed by atoms with Crippen LogP contribution in [0.3, 0.4) is 0 Å². The molecule has 1 heterocycles. The number of hydrogen-bond donors (Lipinski definition) is 2. The zero-order chi connectivity index (χ0) is 15.8. The highest BCUT2D eigenvalue weighted by molar-refractivity contribution is 7.89. The summed E-state index contributed by atoms with van der Waals surface area (Å²) < 4.78 is 49.7. The van der Waals surface area contributed by atoms with E-state index in [2.05, 4.69) is 0 Å². The van der Waals surface area contributed by atoms with Crippen LogP contribution in [0.4, 0.5) is 5.69 Å². The van der Waals surface area contributed by atoms with E-state index in [1.165, 1.54) is 12.1 Å². The van der Waals surface area contributed by atoms with Gasteiger partial charge in [-0.15, -0.1) is 0 Å². The van der Waals surface area contributed by atoms with Gasteiger partial charge in [0.05, 0.1) is 10.7 Å². The van der Waals surface area contributed by atoms with Crippen LogP contribution in [0.1, 0.15) is 0 Å². The summed E-state index contributed by atoms with van der Waals surface area (Å²) in [5, 5.41) is 5.04. The van der Waals surface area contributed by atoms with E-state index in [0.717, 1.165) is 8.61 Å². The molecule has 0 spiro atoms. The van der Waals surface area contributed by atoms with Crippen LogP contribution in [0, 0.1) is 0 Å². The minimum atomic E-state index is -3.88. The van der Waals surface area contributed by atoms with Gasteiger partial charge >= 0.3 is 0 Å². The van der Waals surface area contributed by atoms with Crippen molar-refractivity contribution in [3.63, 3.8) is 0 Å². The van der Waals surface area contributed by atoms with E-state index in [0.29, 0.717) is 0 Å². The van der Waals surface area contributed by atoms with Gasteiger partial charge in [-0.3, -0.25) is 0 Å². The molecule has 0 saturated carbocycles. The molecule has 1 aromatic carbocycles. The zero-order valence-electron chi connectivity index (χ0n) is 10.9. The maximum Gasteiger partial charge on any atom is 0.276 e. The summed E-state index contributed by atoms with van der Waals surface area (Å²) >= 11 is 5.92. The Morgan fingerprint density at radius 1 is 1.00 bits per heavy atom. The Labute approximate surface area is 128 Å². The molecular formula is C10H15ClN4O4S2. The number of benzene rings is 1. The largest absolute Gasteiger partial charge is 0.398 e. The maximum atomic E-state index is 12.5. The highest BCUT2D eigenvalue weighted by Gasteiger charge is 2.33. The average Bonchev–Trinajstić information content (AvgIpc) is 2.37. The molecule has 1 fully saturated rings.